The molecule has 0 fully saturated rings. The van der Waals surface area contributed by atoms with E-state index in [1.807, 2.05) is 27.7 Å². The number of ether oxygens (including phenoxy) is 3. The van der Waals surface area contributed by atoms with Crippen LogP contribution in [0.4, 0.5) is 0 Å². The van der Waals surface area contributed by atoms with Crippen LogP contribution in [0.2, 0.25) is 0 Å². The van der Waals surface area contributed by atoms with Gasteiger partial charge in [0, 0.05) is 6.61 Å². The number of hydrogen-bond acceptors (Lipinski definition) is 5. The third-order valence-electron chi connectivity index (χ3n) is 3.41. The zero-order valence-corrected chi connectivity index (χ0v) is 15.2. The Bertz CT molecular complexity index is 276. The Balaban J connectivity index is 4.07. The SMILES string of the molecule is CC(C)CCOCC(CO)OC(C)(C)CCOC(C)(C)CO. The van der Waals surface area contributed by atoms with Gasteiger partial charge in [-0.3, -0.25) is 0 Å². The van der Waals surface area contributed by atoms with E-state index in [2.05, 4.69) is 13.8 Å². The summed E-state index contributed by atoms with van der Waals surface area (Å²) in [4.78, 5) is 0. The summed E-state index contributed by atoms with van der Waals surface area (Å²) in [6.07, 6.45) is 1.36. The van der Waals surface area contributed by atoms with E-state index < -0.39 is 11.2 Å². The first-order valence-corrected chi connectivity index (χ1v) is 8.23. The normalized spacial score (nSPS) is 14.6. The molecule has 1 unspecified atom stereocenters. The molecule has 0 aromatic heterocycles. The molecular weight excluding hydrogens is 284 g/mol. The Morgan fingerprint density at radius 2 is 1.59 bits per heavy atom. The van der Waals surface area contributed by atoms with Crippen molar-refractivity contribution in [2.75, 3.05) is 33.0 Å². The zero-order chi connectivity index (χ0) is 17.2. The van der Waals surface area contributed by atoms with E-state index in [0.717, 1.165) is 6.42 Å². The lowest BCUT2D eigenvalue weighted by Gasteiger charge is -2.31. The van der Waals surface area contributed by atoms with Crippen molar-refractivity contribution < 1.29 is 24.4 Å². The van der Waals surface area contributed by atoms with Gasteiger partial charge in [0.1, 0.15) is 6.10 Å². The summed E-state index contributed by atoms with van der Waals surface area (Å²) in [5, 5.41) is 18.6. The molecule has 0 aliphatic carbocycles. The van der Waals surface area contributed by atoms with Crippen LogP contribution in [0.5, 0.6) is 0 Å². The highest BCUT2D eigenvalue weighted by Gasteiger charge is 2.25. The van der Waals surface area contributed by atoms with Gasteiger partial charge >= 0.3 is 0 Å². The van der Waals surface area contributed by atoms with Crippen LogP contribution in [-0.4, -0.2) is 60.6 Å². The Hall–Kier alpha value is -0.200. The summed E-state index contributed by atoms with van der Waals surface area (Å²) in [7, 11) is 0. The van der Waals surface area contributed by atoms with Crippen molar-refractivity contribution in [3.8, 4) is 0 Å². The summed E-state index contributed by atoms with van der Waals surface area (Å²) in [6.45, 7) is 13.4. The highest BCUT2D eigenvalue weighted by atomic mass is 16.6. The first kappa shape index (κ1) is 21.8. The number of hydrogen-bond donors (Lipinski definition) is 2. The summed E-state index contributed by atoms with van der Waals surface area (Å²) in [5.74, 6) is 0.608. The molecule has 0 radical (unpaired) electrons. The van der Waals surface area contributed by atoms with Gasteiger partial charge in [-0.2, -0.15) is 0 Å². The maximum Gasteiger partial charge on any atom is 0.105 e. The third kappa shape index (κ3) is 11.4. The predicted octanol–water partition coefficient (Wildman–Crippen LogP) is 2.38. The molecule has 5 nitrogen and oxygen atoms in total. The van der Waals surface area contributed by atoms with E-state index in [-0.39, 0.29) is 19.3 Å². The average Bonchev–Trinajstić information content (AvgIpc) is 2.41. The highest BCUT2D eigenvalue weighted by molar-refractivity contribution is 4.73. The first-order valence-electron chi connectivity index (χ1n) is 8.23. The van der Waals surface area contributed by atoms with Crippen molar-refractivity contribution in [3.05, 3.63) is 0 Å². The van der Waals surface area contributed by atoms with Crippen LogP contribution in [-0.2, 0) is 14.2 Å². The molecule has 0 bridgehead atoms. The Morgan fingerprint density at radius 3 is 2.09 bits per heavy atom. The molecule has 0 heterocycles. The molecule has 0 aromatic carbocycles. The lowest BCUT2D eigenvalue weighted by atomic mass is 10.0. The summed E-state index contributed by atoms with van der Waals surface area (Å²) >= 11 is 0. The second kappa shape index (κ2) is 10.6. The quantitative estimate of drug-likeness (QED) is 0.510. The van der Waals surface area contributed by atoms with Gasteiger partial charge in [0.15, 0.2) is 0 Å². The van der Waals surface area contributed by atoms with Crippen LogP contribution in [0.1, 0.15) is 54.4 Å². The van der Waals surface area contributed by atoms with Gasteiger partial charge in [-0.05, 0) is 46.5 Å². The Labute approximate surface area is 136 Å². The minimum Gasteiger partial charge on any atom is -0.394 e. The molecule has 0 aromatic rings. The van der Waals surface area contributed by atoms with Gasteiger partial charge in [0.2, 0.25) is 0 Å². The molecule has 0 amide bonds. The van der Waals surface area contributed by atoms with E-state index in [1.165, 1.54) is 0 Å². The molecule has 0 rings (SSSR count). The smallest absolute Gasteiger partial charge is 0.105 e. The lowest BCUT2D eigenvalue weighted by Crippen LogP contribution is -2.38. The molecule has 0 saturated carbocycles. The van der Waals surface area contributed by atoms with Gasteiger partial charge in [-0.1, -0.05) is 13.8 Å². The largest absolute Gasteiger partial charge is 0.394 e. The minimum atomic E-state index is -0.535. The number of aliphatic hydroxyl groups is 2. The fraction of sp³-hybridized carbons (Fsp3) is 1.00. The summed E-state index contributed by atoms with van der Waals surface area (Å²) < 4.78 is 17.1. The summed E-state index contributed by atoms with van der Waals surface area (Å²) in [6, 6.07) is 0. The second-order valence-corrected chi connectivity index (χ2v) is 7.46. The van der Waals surface area contributed by atoms with Crippen LogP contribution >= 0.6 is 0 Å². The predicted molar refractivity (Wildman–Crippen MR) is 88.0 cm³/mol. The van der Waals surface area contributed by atoms with Crippen molar-refractivity contribution in [3.63, 3.8) is 0 Å². The second-order valence-electron chi connectivity index (χ2n) is 7.46. The molecular formula is C17H36O5. The van der Waals surface area contributed by atoms with Gasteiger partial charge in [-0.25, -0.2) is 0 Å². The fourth-order valence-corrected chi connectivity index (χ4v) is 1.79. The molecule has 5 heteroatoms. The van der Waals surface area contributed by atoms with Crippen LogP contribution in [0, 0.1) is 5.92 Å². The monoisotopic (exact) mass is 320 g/mol. The molecule has 134 valence electrons. The van der Waals surface area contributed by atoms with Gasteiger partial charge in [0.05, 0.1) is 37.6 Å². The minimum absolute atomic E-state index is 0.0166. The summed E-state index contributed by atoms with van der Waals surface area (Å²) in [5.41, 5.74) is -0.952. The fourth-order valence-electron chi connectivity index (χ4n) is 1.79. The van der Waals surface area contributed by atoms with Gasteiger partial charge in [0.25, 0.3) is 0 Å². The highest BCUT2D eigenvalue weighted by Crippen LogP contribution is 2.19. The van der Waals surface area contributed by atoms with Crippen LogP contribution in [0.15, 0.2) is 0 Å². The average molecular weight is 320 g/mol. The van der Waals surface area contributed by atoms with Crippen molar-refractivity contribution in [2.24, 2.45) is 5.92 Å². The van der Waals surface area contributed by atoms with Crippen molar-refractivity contribution in [1.82, 2.24) is 0 Å². The molecule has 0 spiro atoms. The molecule has 0 aliphatic rings. The molecule has 0 saturated heterocycles. The van der Waals surface area contributed by atoms with Crippen LogP contribution in [0.25, 0.3) is 0 Å². The van der Waals surface area contributed by atoms with E-state index in [0.29, 0.717) is 32.2 Å². The molecule has 2 N–H and O–H groups in total. The van der Waals surface area contributed by atoms with E-state index >= 15 is 0 Å². The van der Waals surface area contributed by atoms with Gasteiger partial charge < -0.3 is 24.4 Å². The van der Waals surface area contributed by atoms with Gasteiger partial charge in [-0.15, -0.1) is 0 Å². The van der Waals surface area contributed by atoms with Crippen molar-refractivity contribution >= 4 is 0 Å². The number of rotatable bonds is 13. The topological polar surface area (TPSA) is 68.2 Å². The standard InChI is InChI=1S/C17H36O5/c1-14(2)7-9-20-12-15(11-18)22-16(3,4)8-10-21-17(5,6)13-19/h14-15,18-19H,7-13H2,1-6H3. The molecule has 0 aliphatic heterocycles. The maximum atomic E-state index is 9.42. The van der Waals surface area contributed by atoms with E-state index in [4.69, 9.17) is 19.3 Å². The van der Waals surface area contributed by atoms with Crippen LogP contribution < -0.4 is 0 Å². The lowest BCUT2D eigenvalue weighted by molar-refractivity contribution is -0.137. The number of aliphatic hydroxyl groups excluding tert-OH is 2. The van der Waals surface area contributed by atoms with Crippen molar-refractivity contribution in [2.45, 2.75) is 71.7 Å². The molecule has 22 heavy (non-hydrogen) atoms. The maximum absolute atomic E-state index is 9.42. The Kier molecular flexibility index (Phi) is 10.5. The van der Waals surface area contributed by atoms with Crippen molar-refractivity contribution in [1.29, 1.82) is 0 Å². The van der Waals surface area contributed by atoms with E-state index in [9.17, 15) is 5.11 Å². The first-order chi connectivity index (χ1) is 10.1. The van der Waals surface area contributed by atoms with E-state index in [1.54, 1.807) is 0 Å². The third-order valence-corrected chi connectivity index (χ3v) is 3.41. The van der Waals surface area contributed by atoms with Crippen LogP contribution in [0.3, 0.4) is 0 Å². The zero-order valence-electron chi connectivity index (χ0n) is 15.2. The molecule has 1 atom stereocenters. The Morgan fingerprint density at radius 1 is 0.955 bits per heavy atom.